The van der Waals surface area contributed by atoms with E-state index in [9.17, 15) is 0 Å². The molecule has 0 atom stereocenters. The zero-order valence-electron chi connectivity index (χ0n) is 52.3. The van der Waals surface area contributed by atoms with Gasteiger partial charge in [0.25, 0.3) is 0 Å². The summed E-state index contributed by atoms with van der Waals surface area (Å²) in [6.45, 7) is 50.0. The van der Waals surface area contributed by atoms with Crippen LogP contribution in [0.25, 0.3) is 0 Å². The normalized spacial score (nSPS) is 16.5. The Kier molecular flexibility index (Phi) is 39.2. The highest BCUT2D eigenvalue weighted by Gasteiger charge is 2.63. The molecule has 3 aliphatic heterocycles. The number of benzene rings is 3. The first-order chi connectivity index (χ1) is 36.9. The molecule has 9 rings (SSSR count). The van der Waals surface area contributed by atoms with E-state index in [-0.39, 0.29) is 40.7 Å². The summed E-state index contributed by atoms with van der Waals surface area (Å²) in [5.74, 6) is 0. The third-order valence-electron chi connectivity index (χ3n) is 12.4. The molecule has 6 aromatic rings. The van der Waals surface area contributed by atoms with E-state index in [0.717, 1.165) is 27.5 Å². The van der Waals surface area contributed by atoms with Crippen LogP contribution >= 0.6 is 61.1 Å². The monoisotopic (exact) mass is 1370 g/mol. The molecule has 6 heterocycles. The minimum atomic E-state index is -0.476. The molecule has 0 unspecified atom stereocenters. The van der Waals surface area contributed by atoms with Crippen molar-refractivity contribution in [1.82, 2.24) is 29.8 Å². The molecule has 78 heavy (non-hydrogen) atoms. The number of hydrogen-bond acceptors (Lipinski definition) is 9. The van der Waals surface area contributed by atoms with Crippen molar-refractivity contribution in [2.24, 2.45) is 0 Å². The van der Waals surface area contributed by atoms with Crippen LogP contribution in [0, 0.1) is 7.14 Å². The van der Waals surface area contributed by atoms with Crippen molar-refractivity contribution in [3.05, 3.63) is 152 Å². The molecule has 436 valence electrons. The van der Waals surface area contributed by atoms with Crippen molar-refractivity contribution in [2.45, 2.75) is 218 Å². The number of H-pyrrole nitrogens is 1. The van der Waals surface area contributed by atoms with Gasteiger partial charge in [-0.15, -0.1) is 0 Å². The lowest BCUT2D eigenvalue weighted by Crippen LogP contribution is -2.41. The number of hydrogen-bond donors (Lipinski definition) is 1. The molecule has 3 saturated heterocycles. The lowest BCUT2D eigenvalue weighted by atomic mass is 9.49. The number of alkyl halides is 1. The second kappa shape index (κ2) is 39.6. The van der Waals surface area contributed by atoms with E-state index in [1.165, 1.54) is 20.3 Å². The van der Waals surface area contributed by atoms with Gasteiger partial charge in [-0.3, -0.25) is 14.5 Å². The van der Waals surface area contributed by atoms with E-state index in [1.807, 2.05) is 233 Å². The summed E-state index contributed by atoms with van der Waals surface area (Å²) in [6, 6.07) is 30.9. The highest BCUT2D eigenvalue weighted by atomic mass is 127. The minimum absolute atomic E-state index is 0.320. The molecule has 0 bridgehead atoms. The maximum absolute atomic E-state index is 6.04. The zero-order valence-corrected chi connectivity index (χ0v) is 58.2. The first-order valence-electron chi connectivity index (χ1n) is 28.0. The lowest BCUT2D eigenvalue weighted by Gasteiger charge is -2.32. The van der Waals surface area contributed by atoms with Crippen LogP contribution in [0.15, 0.2) is 128 Å². The van der Waals surface area contributed by atoms with Gasteiger partial charge in [0.1, 0.15) is 0 Å². The van der Waals surface area contributed by atoms with E-state index < -0.39 is 14.0 Å². The standard InChI is InChI=1S/C16H21BN2O2.C12H24B2O4.C10H9IN2.C7H7Br.C3H3IN2.6C2H6/c1-15(2)16(3,4)21-17(20-15)14-10-18-19(12-14)11-13-8-6-5-7-9-13;1-9(2)10(3,4)16-13(15-9)14-17-11(5,6)12(7,8)18-14;11-10-6-12-13(8-10)7-9-4-2-1-3-5-9;8-6-7-4-2-1-3-5-7;4-3-1-5-6-2-3;6*1-2/h5-10,12H,11H2,1-4H3;1-8H3;1-6,8H,7H2;1-5H,6H2;1-2H,(H,5,6);6*1-2H3. The highest BCUT2D eigenvalue weighted by molar-refractivity contribution is 14.1. The topological polar surface area (TPSA) is 120 Å². The first kappa shape index (κ1) is 77.3. The molecule has 12 nitrogen and oxygen atoms in total. The zero-order chi connectivity index (χ0) is 60.4. The second-order valence-electron chi connectivity index (χ2n) is 19.2. The predicted molar refractivity (Wildman–Crippen MR) is 355 cm³/mol. The van der Waals surface area contributed by atoms with Crippen molar-refractivity contribution in [3.8, 4) is 0 Å². The Morgan fingerprint density at radius 3 is 1.03 bits per heavy atom. The average Bonchev–Trinajstić information content (AvgIpc) is 4.31. The molecule has 0 aliphatic carbocycles. The van der Waals surface area contributed by atoms with Crippen LogP contribution in [0.1, 0.15) is 183 Å². The minimum Gasteiger partial charge on any atom is -0.405 e. The van der Waals surface area contributed by atoms with E-state index in [0.29, 0.717) is 0 Å². The largest absolute Gasteiger partial charge is 0.498 e. The third kappa shape index (κ3) is 26.0. The summed E-state index contributed by atoms with van der Waals surface area (Å²) in [5.41, 5.74) is 2.71. The Balaban J connectivity index is 0. The van der Waals surface area contributed by atoms with E-state index in [2.05, 4.69) is 146 Å². The first-order valence-corrected chi connectivity index (χ1v) is 31.3. The lowest BCUT2D eigenvalue weighted by molar-refractivity contribution is 0.00578. The Morgan fingerprint density at radius 1 is 0.436 bits per heavy atom. The van der Waals surface area contributed by atoms with Crippen molar-refractivity contribution in [3.63, 3.8) is 0 Å². The summed E-state index contributed by atoms with van der Waals surface area (Å²) in [4.78, 5) is 0. The highest BCUT2D eigenvalue weighted by Crippen LogP contribution is 2.43. The van der Waals surface area contributed by atoms with Crippen LogP contribution in [0.2, 0.25) is 0 Å². The Labute approximate surface area is 511 Å². The molecule has 3 aromatic heterocycles. The van der Waals surface area contributed by atoms with Crippen LogP contribution in [-0.2, 0) is 46.3 Å². The van der Waals surface area contributed by atoms with E-state index in [1.54, 1.807) is 6.20 Å². The fourth-order valence-electron chi connectivity index (χ4n) is 6.33. The fraction of sp³-hybridized carbons (Fsp3) is 0.550. The molecular weight excluding hydrogens is 1270 g/mol. The molecule has 0 saturated carbocycles. The maximum atomic E-state index is 6.04. The quantitative estimate of drug-likeness (QED) is 0.0946. The van der Waals surface area contributed by atoms with Gasteiger partial charge in [-0.25, -0.2) is 0 Å². The maximum Gasteiger partial charge on any atom is 0.498 e. The summed E-state index contributed by atoms with van der Waals surface area (Å²) in [6.07, 6.45) is 11.3. The van der Waals surface area contributed by atoms with Crippen LogP contribution in [0.4, 0.5) is 0 Å². The predicted octanol–water partition coefficient (Wildman–Crippen LogP) is 16.8. The van der Waals surface area contributed by atoms with E-state index in [4.69, 9.17) is 27.9 Å². The van der Waals surface area contributed by atoms with Crippen LogP contribution < -0.4 is 5.46 Å². The van der Waals surface area contributed by atoms with Gasteiger partial charge in [-0.2, -0.15) is 15.3 Å². The molecular formula is C60H100B3BrI2N6O6. The summed E-state index contributed by atoms with van der Waals surface area (Å²) in [7, 11) is -1.30. The Morgan fingerprint density at radius 2 is 0.756 bits per heavy atom. The SMILES string of the molecule is BrCc1ccccc1.CC.CC.CC.CC.CC.CC.CC1(C)OB(B2OC(C)(C)C(C)(C)O2)OC1(C)C.CC1(C)OB(c2cnn(Cc3ccccc3)c2)OC1(C)C.Ic1cn[nH]c1.Ic1cnn(Cc2ccccc2)c1. The summed E-state index contributed by atoms with van der Waals surface area (Å²) >= 11 is 7.80. The molecule has 1 N–H and O–H groups in total. The van der Waals surface area contributed by atoms with Gasteiger partial charge >= 0.3 is 21.1 Å². The third-order valence-corrected chi connectivity index (χ3v) is 14.2. The van der Waals surface area contributed by atoms with Crippen LogP contribution in [-0.4, -0.2) is 84.5 Å². The molecule has 3 aliphatic rings. The molecule has 18 heteroatoms. The number of rotatable bonds is 7. The number of nitrogens with zero attached hydrogens (tertiary/aromatic N) is 5. The molecule has 0 radical (unpaired) electrons. The number of halogens is 3. The molecule has 3 fully saturated rings. The Hall–Kier alpha value is -2.82. The molecule has 0 spiro atoms. The van der Waals surface area contributed by atoms with Gasteiger partial charge in [0.2, 0.25) is 0 Å². The van der Waals surface area contributed by atoms with Gasteiger partial charge < -0.3 is 27.9 Å². The van der Waals surface area contributed by atoms with Gasteiger partial charge in [0.05, 0.1) is 66.2 Å². The number of nitrogens with one attached hydrogen (secondary N) is 1. The summed E-state index contributed by atoms with van der Waals surface area (Å²) < 4.78 is 42.1. The number of aromatic nitrogens is 6. The van der Waals surface area contributed by atoms with Gasteiger partial charge in [0.15, 0.2) is 0 Å². The van der Waals surface area contributed by atoms with Crippen molar-refractivity contribution >= 4 is 87.7 Å². The smallest absolute Gasteiger partial charge is 0.405 e. The molecule has 0 amide bonds. The fourth-order valence-corrected chi connectivity index (χ4v) is 7.43. The van der Waals surface area contributed by atoms with Gasteiger partial charge in [-0.1, -0.05) is 190 Å². The average molecular weight is 1370 g/mol. The second-order valence-corrected chi connectivity index (χ2v) is 22.2. The van der Waals surface area contributed by atoms with Crippen molar-refractivity contribution < 1.29 is 27.9 Å². The Bertz CT molecular complexity index is 2280. The summed E-state index contributed by atoms with van der Waals surface area (Å²) in [5, 5.41) is 15.9. The van der Waals surface area contributed by atoms with Crippen molar-refractivity contribution in [2.75, 3.05) is 0 Å². The van der Waals surface area contributed by atoms with Crippen molar-refractivity contribution in [1.29, 1.82) is 0 Å². The van der Waals surface area contributed by atoms with Gasteiger partial charge in [0, 0.05) is 35.6 Å². The van der Waals surface area contributed by atoms with E-state index >= 15 is 0 Å². The van der Waals surface area contributed by atoms with Crippen LogP contribution in [0.3, 0.4) is 0 Å². The molecule has 3 aromatic carbocycles. The van der Waals surface area contributed by atoms with Crippen LogP contribution in [0.5, 0.6) is 0 Å². The number of aromatic amines is 1. The van der Waals surface area contributed by atoms with Gasteiger partial charge in [-0.05, 0) is 145 Å².